The quantitative estimate of drug-likeness (QED) is 0.198. The number of halogens is 1. The van der Waals surface area contributed by atoms with E-state index in [0.717, 1.165) is 10.0 Å². The van der Waals surface area contributed by atoms with E-state index in [-0.39, 0.29) is 11.4 Å². The molecule has 0 unspecified atom stereocenters. The molecular formula is C25H16BrN3O5. The van der Waals surface area contributed by atoms with Crippen LogP contribution in [0, 0.1) is 17.0 Å². The zero-order chi connectivity index (χ0) is 23.8. The second kappa shape index (κ2) is 8.60. The standard InChI is InChI=1S/C25H16BrN3O5/c1-14-12-16(29(31)32)7-8-17(14)21-10-11-23(33-21)24(30)27-15-6-9-22-20(13-15)28-25(34-22)18-4-2-3-5-19(18)26/h2-13H,1H3,(H,27,30). The fourth-order valence-corrected chi connectivity index (χ4v) is 4.04. The fraction of sp³-hybridized carbons (Fsp3) is 0.0400. The topological polar surface area (TPSA) is 111 Å². The monoisotopic (exact) mass is 517 g/mol. The van der Waals surface area contributed by atoms with E-state index >= 15 is 0 Å². The number of furan rings is 1. The molecule has 5 rings (SSSR count). The molecule has 0 aliphatic heterocycles. The summed E-state index contributed by atoms with van der Waals surface area (Å²) in [6.45, 7) is 1.75. The van der Waals surface area contributed by atoms with E-state index in [4.69, 9.17) is 8.83 Å². The SMILES string of the molecule is Cc1cc([N+](=O)[O-])ccc1-c1ccc(C(=O)Nc2ccc3oc(-c4ccccc4Br)nc3c2)o1. The van der Waals surface area contributed by atoms with Gasteiger partial charge in [0.15, 0.2) is 11.3 Å². The Morgan fingerprint density at radius 1 is 1.00 bits per heavy atom. The van der Waals surface area contributed by atoms with Crippen molar-refractivity contribution in [3.05, 3.63) is 98.7 Å². The number of rotatable bonds is 5. The number of nitrogens with one attached hydrogen (secondary N) is 1. The van der Waals surface area contributed by atoms with Gasteiger partial charge in [-0.2, -0.15) is 0 Å². The third-order valence-electron chi connectivity index (χ3n) is 5.27. The highest BCUT2D eigenvalue weighted by molar-refractivity contribution is 9.10. The molecule has 3 aromatic carbocycles. The summed E-state index contributed by atoms with van der Waals surface area (Å²) in [5, 5.41) is 13.8. The van der Waals surface area contributed by atoms with Crippen LogP contribution in [0.3, 0.4) is 0 Å². The van der Waals surface area contributed by atoms with Gasteiger partial charge >= 0.3 is 0 Å². The van der Waals surface area contributed by atoms with Crippen LogP contribution >= 0.6 is 15.9 Å². The number of hydrogen-bond acceptors (Lipinski definition) is 6. The minimum Gasteiger partial charge on any atom is -0.451 e. The maximum atomic E-state index is 12.8. The number of hydrogen-bond donors (Lipinski definition) is 1. The first-order valence-electron chi connectivity index (χ1n) is 10.2. The van der Waals surface area contributed by atoms with E-state index in [9.17, 15) is 14.9 Å². The van der Waals surface area contributed by atoms with Gasteiger partial charge in [-0.15, -0.1) is 0 Å². The molecule has 0 bridgehead atoms. The van der Waals surface area contributed by atoms with Crippen LogP contribution in [-0.2, 0) is 0 Å². The first-order valence-corrected chi connectivity index (χ1v) is 11.0. The largest absolute Gasteiger partial charge is 0.451 e. The van der Waals surface area contributed by atoms with Crippen LogP contribution in [-0.4, -0.2) is 15.8 Å². The fourth-order valence-electron chi connectivity index (χ4n) is 3.59. The Labute approximate surface area is 201 Å². The van der Waals surface area contributed by atoms with Crippen LogP contribution in [0.5, 0.6) is 0 Å². The van der Waals surface area contributed by atoms with Crippen LogP contribution in [0.15, 0.2) is 86.1 Å². The summed E-state index contributed by atoms with van der Waals surface area (Å²) in [5.41, 5.74) is 3.91. The smallest absolute Gasteiger partial charge is 0.291 e. The molecule has 0 spiro atoms. The van der Waals surface area contributed by atoms with Crippen molar-refractivity contribution >= 4 is 44.3 Å². The highest BCUT2D eigenvalue weighted by Crippen LogP contribution is 2.32. The Balaban J connectivity index is 1.37. The van der Waals surface area contributed by atoms with Crippen LogP contribution in [0.1, 0.15) is 16.1 Å². The molecular weight excluding hydrogens is 502 g/mol. The number of amides is 1. The summed E-state index contributed by atoms with van der Waals surface area (Å²) in [7, 11) is 0. The number of anilines is 1. The average Bonchev–Trinajstić information content (AvgIpc) is 3.46. The molecule has 0 fully saturated rings. The summed E-state index contributed by atoms with van der Waals surface area (Å²) in [6.07, 6.45) is 0. The third kappa shape index (κ3) is 4.08. The number of oxazole rings is 1. The molecule has 5 aromatic rings. The highest BCUT2D eigenvalue weighted by atomic mass is 79.9. The molecule has 0 aliphatic rings. The number of nitrogens with zero attached hydrogens (tertiary/aromatic N) is 2. The van der Waals surface area contributed by atoms with Gasteiger partial charge in [0.25, 0.3) is 11.6 Å². The molecule has 1 amide bonds. The maximum Gasteiger partial charge on any atom is 0.291 e. The van der Waals surface area contributed by atoms with E-state index in [1.165, 1.54) is 12.1 Å². The first-order chi connectivity index (χ1) is 16.4. The van der Waals surface area contributed by atoms with Crippen LogP contribution in [0.2, 0.25) is 0 Å². The Bertz CT molecular complexity index is 1570. The lowest BCUT2D eigenvalue weighted by Crippen LogP contribution is -2.10. The first kappa shape index (κ1) is 21.6. The summed E-state index contributed by atoms with van der Waals surface area (Å²) in [5.74, 6) is 0.601. The van der Waals surface area contributed by atoms with Crippen molar-refractivity contribution in [2.45, 2.75) is 6.92 Å². The van der Waals surface area contributed by atoms with Crippen molar-refractivity contribution in [2.24, 2.45) is 0 Å². The summed E-state index contributed by atoms with van der Waals surface area (Å²) in [6, 6.07) is 20.5. The van der Waals surface area contributed by atoms with Crippen molar-refractivity contribution < 1.29 is 18.6 Å². The predicted molar refractivity (Wildman–Crippen MR) is 131 cm³/mol. The van der Waals surface area contributed by atoms with Crippen molar-refractivity contribution in [3.8, 4) is 22.8 Å². The lowest BCUT2D eigenvalue weighted by atomic mass is 10.1. The lowest BCUT2D eigenvalue weighted by Gasteiger charge is -2.04. The second-order valence-electron chi connectivity index (χ2n) is 7.56. The third-order valence-corrected chi connectivity index (χ3v) is 5.96. The highest BCUT2D eigenvalue weighted by Gasteiger charge is 2.17. The summed E-state index contributed by atoms with van der Waals surface area (Å²) in [4.78, 5) is 27.8. The number of nitro benzene ring substituents is 1. The van der Waals surface area contributed by atoms with Crippen molar-refractivity contribution in [1.82, 2.24) is 4.98 Å². The number of aryl methyl sites for hydroxylation is 1. The number of aromatic nitrogens is 1. The van der Waals surface area contributed by atoms with Crippen LogP contribution in [0.4, 0.5) is 11.4 Å². The van der Waals surface area contributed by atoms with Gasteiger partial charge in [-0.05, 0) is 76.9 Å². The molecule has 2 heterocycles. The van der Waals surface area contributed by atoms with Gasteiger partial charge in [-0.1, -0.05) is 12.1 Å². The molecule has 34 heavy (non-hydrogen) atoms. The van der Waals surface area contributed by atoms with Crippen LogP contribution < -0.4 is 5.32 Å². The average molecular weight is 518 g/mol. The van der Waals surface area contributed by atoms with Gasteiger partial charge in [-0.25, -0.2) is 4.98 Å². The van der Waals surface area contributed by atoms with E-state index in [1.54, 1.807) is 43.3 Å². The van der Waals surface area contributed by atoms with E-state index < -0.39 is 10.8 Å². The summed E-state index contributed by atoms with van der Waals surface area (Å²) < 4.78 is 12.4. The molecule has 8 nitrogen and oxygen atoms in total. The molecule has 168 valence electrons. The zero-order valence-electron chi connectivity index (χ0n) is 17.7. The van der Waals surface area contributed by atoms with Gasteiger partial charge < -0.3 is 14.2 Å². The van der Waals surface area contributed by atoms with E-state index in [2.05, 4.69) is 26.2 Å². The molecule has 0 atom stereocenters. The molecule has 2 aromatic heterocycles. The van der Waals surface area contributed by atoms with E-state index in [0.29, 0.717) is 39.6 Å². The number of carbonyl (C=O) groups is 1. The molecule has 0 saturated carbocycles. The number of benzene rings is 3. The number of carbonyl (C=O) groups excluding carboxylic acids is 1. The predicted octanol–water partition coefficient (Wildman–Crippen LogP) is 6.99. The maximum absolute atomic E-state index is 12.8. The Morgan fingerprint density at radius 2 is 1.82 bits per heavy atom. The molecule has 0 saturated heterocycles. The molecule has 0 radical (unpaired) electrons. The van der Waals surface area contributed by atoms with Gasteiger partial charge in [0.2, 0.25) is 5.89 Å². The Hall–Kier alpha value is -4.24. The molecule has 0 aliphatic carbocycles. The Kier molecular flexibility index (Phi) is 5.46. The lowest BCUT2D eigenvalue weighted by molar-refractivity contribution is -0.384. The number of nitro groups is 1. The molecule has 9 heteroatoms. The van der Waals surface area contributed by atoms with Crippen LogP contribution in [0.25, 0.3) is 33.9 Å². The molecule has 1 N–H and O–H groups in total. The van der Waals surface area contributed by atoms with E-state index in [1.807, 2.05) is 24.3 Å². The minimum absolute atomic E-state index is 0.00296. The zero-order valence-corrected chi connectivity index (χ0v) is 19.3. The van der Waals surface area contributed by atoms with Crippen molar-refractivity contribution in [1.29, 1.82) is 0 Å². The number of fused-ring (bicyclic) bond motifs is 1. The minimum atomic E-state index is -0.453. The van der Waals surface area contributed by atoms with Gasteiger partial charge in [0.05, 0.1) is 10.5 Å². The Morgan fingerprint density at radius 3 is 2.59 bits per heavy atom. The summed E-state index contributed by atoms with van der Waals surface area (Å²) >= 11 is 3.50. The van der Waals surface area contributed by atoms with Gasteiger partial charge in [0.1, 0.15) is 11.3 Å². The normalized spacial score (nSPS) is 11.0. The van der Waals surface area contributed by atoms with Gasteiger partial charge in [0, 0.05) is 27.9 Å². The second-order valence-corrected chi connectivity index (χ2v) is 8.41. The van der Waals surface area contributed by atoms with Gasteiger partial charge in [-0.3, -0.25) is 14.9 Å². The van der Waals surface area contributed by atoms with Crippen molar-refractivity contribution in [2.75, 3.05) is 5.32 Å². The number of non-ortho nitro benzene ring substituents is 1. The van der Waals surface area contributed by atoms with Crippen molar-refractivity contribution in [3.63, 3.8) is 0 Å².